The third-order valence-electron chi connectivity index (χ3n) is 1.38. The summed E-state index contributed by atoms with van der Waals surface area (Å²) in [6.45, 7) is 0.0675. The van der Waals surface area contributed by atoms with Gasteiger partial charge in [0.15, 0.2) is 6.61 Å². The lowest BCUT2D eigenvalue weighted by Gasteiger charge is -2.12. The second-order valence-corrected chi connectivity index (χ2v) is 4.10. The topological polar surface area (TPSA) is 9.23 Å². The molecule has 0 saturated carbocycles. The fourth-order valence-corrected chi connectivity index (χ4v) is 1.43. The highest BCUT2D eigenvalue weighted by Crippen LogP contribution is 2.23. The van der Waals surface area contributed by atoms with Crippen molar-refractivity contribution in [1.29, 1.82) is 0 Å². The number of ether oxygens (including phenoxy) is 1. The summed E-state index contributed by atoms with van der Waals surface area (Å²) in [5.41, 5.74) is 0. The van der Waals surface area contributed by atoms with Crippen molar-refractivity contribution < 1.29 is 17.9 Å². The van der Waals surface area contributed by atoms with Gasteiger partial charge in [0.2, 0.25) is 0 Å². The van der Waals surface area contributed by atoms with Crippen LogP contribution in [0, 0.1) is 9.39 Å². The average Bonchev–Trinajstić information content (AvgIpc) is 2.00. The van der Waals surface area contributed by atoms with Gasteiger partial charge in [0, 0.05) is 6.92 Å². The van der Waals surface area contributed by atoms with Crippen molar-refractivity contribution >= 4 is 22.6 Å². The number of alkyl halides is 2. The zero-order chi connectivity index (χ0) is 10.8. The molecule has 0 saturated heterocycles. The summed E-state index contributed by atoms with van der Waals surface area (Å²) in [5, 5.41) is 0. The molecule has 0 aliphatic heterocycles. The molecule has 0 amide bonds. The van der Waals surface area contributed by atoms with Crippen LogP contribution < -0.4 is 4.74 Å². The second kappa shape index (κ2) is 4.37. The van der Waals surface area contributed by atoms with E-state index in [4.69, 9.17) is 4.74 Å². The molecule has 0 heterocycles. The molecule has 0 aliphatic rings. The molecule has 78 valence electrons. The highest BCUT2D eigenvalue weighted by Gasteiger charge is 2.22. The molecule has 0 unspecified atom stereocenters. The molecule has 0 N–H and O–H groups in total. The first-order valence-electron chi connectivity index (χ1n) is 3.84. The fraction of sp³-hybridized carbons (Fsp3) is 0.333. The van der Waals surface area contributed by atoms with Gasteiger partial charge in [-0.2, -0.15) is 0 Å². The lowest BCUT2D eigenvalue weighted by atomic mass is 10.3. The molecule has 0 aromatic heterocycles. The van der Waals surface area contributed by atoms with E-state index in [2.05, 4.69) is 0 Å². The zero-order valence-electron chi connectivity index (χ0n) is 7.36. The van der Waals surface area contributed by atoms with E-state index in [9.17, 15) is 13.2 Å². The average molecular weight is 316 g/mol. The van der Waals surface area contributed by atoms with Crippen LogP contribution in [-0.4, -0.2) is 12.5 Å². The first-order valence-corrected chi connectivity index (χ1v) is 4.92. The van der Waals surface area contributed by atoms with Crippen molar-refractivity contribution in [3.63, 3.8) is 0 Å². The van der Waals surface area contributed by atoms with Crippen molar-refractivity contribution in [2.75, 3.05) is 6.61 Å². The predicted molar refractivity (Wildman–Crippen MR) is 55.2 cm³/mol. The Morgan fingerprint density at radius 1 is 1.43 bits per heavy atom. The quantitative estimate of drug-likeness (QED) is 0.776. The van der Waals surface area contributed by atoms with Gasteiger partial charge >= 0.3 is 0 Å². The van der Waals surface area contributed by atoms with Crippen LogP contribution in [0.15, 0.2) is 18.2 Å². The van der Waals surface area contributed by atoms with E-state index in [1.54, 1.807) is 0 Å². The normalized spacial score (nSPS) is 11.5. The van der Waals surface area contributed by atoms with Gasteiger partial charge in [-0.1, -0.05) is 0 Å². The number of hydrogen-bond acceptors (Lipinski definition) is 1. The van der Waals surface area contributed by atoms with E-state index >= 15 is 0 Å². The molecule has 1 nitrogen and oxygen atoms in total. The van der Waals surface area contributed by atoms with Crippen LogP contribution in [0.2, 0.25) is 0 Å². The largest absolute Gasteiger partial charge is 0.486 e. The van der Waals surface area contributed by atoms with Crippen LogP contribution in [0.5, 0.6) is 5.75 Å². The van der Waals surface area contributed by atoms with Gasteiger partial charge in [0.25, 0.3) is 5.92 Å². The first-order chi connectivity index (χ1) is 6.38. The summed E-state index contributed by atoms with van der Waals surface area (Å²) in [5.74, 6) is -3.02. The van der Waals surface area contributed by atoms with Gasteiger partial charge < -0.3 is 4.74 Å². The maximum Gasteiger partial charge on any atom is 0.278 e. The van der Waals surface area contributed by atoms with E-state index in [0.29, 0.717) is 3.57 Å². The van der Waals surface area contributed by atoms with Crippen LogP contribution in [0.25, 0.3) is 0 Å². The summed E-state index contributed by atoms with van der Waals surface area (Å²) in [7, 11) is 0. The van der Waals surface area contributed by atoms with Crippen LogP contribution in [0.4, 0.5) is 13.2 Å². The molecule has 0 radical (unpaired) electrons. The Kier molecular flexibility index (Phi) is 3.63. The Morgan fingerprint density at radius 2 is 2.07 bits per heavy atom. The highest BCUT2D eigenvalue weighted by atomic mass is 127. The van der Waals surface area contributed by atoms with Gasteiger partial charge in [-0.3, -0.25) is 0 Å². The maximum absolute atomic E-state index is 12.6. The lowest BCUT2D eigenvalue weighted by Crippen LogP contribution is -2.21. The number of benzene rings is 1. The summed E-state index contributed by atoms with van der Waals surface area (Å²) in [4.78, 5) is 0. The molecular formula is C9H8F3IO. The van der Waals surface area contributed by atoms with Gasteiger partial charge in [0.05, 0.1) is 3.57 Å². The Morgan fingerprint density at radius 3 is 2.57 bits per heavy atom. The smallest absolute Gasteiger partial charge is 0.278 e. The lowest BCUT2D eigenvalue weighted by molar-refractivity contribution is -0.0232. The number of halogens is 4. The van der Waals surface area contributed by atoms with E-state index < -0.39 is 18.3 Å². The van der Waals surface area contributed by atoms with Crippen LogP contribution in [0.1, 0.15) is 6.92 Å². The Hall–Kier alpha value is -0.460. The molecule has 0 fully saturated rings. The number of rotatable bonds is 3. The first kappa shape index (κ1) is 11.6. The molecular weight excluding hydrogens is 308 g/mol. The van der Waals surface area contributed by atoms with Gasteiger partial charge in [0.1, 0.15) is 11.6 Å². The zero-order valence-corrected chi connectivity index (χ0v) is 9.52. The standard InChI is InChI=1S/C9H8F3IO/c1-9(11,12)5-14-8-3-2-6(10)4-7(8)13/h2-4H,5H2,1H3. The van der Waals surface area contributed by atoms with Crippen molar-refractivity contribution in [3.8, 4) is 5.75 Å². The third-order valence-corrected chi connectivity index (χ3v) is 2.22. The van der Waals surface area contributed by atoms with E-state index in [1.807, 2.05) is 22.6 Å². The Balaban J connectivity index is 2.68. The van der Waals surface area contributed by atoms with E-state index in [1.165, 1.54) is 18.2 Å². The minimum absolute atomic E-state index is 0.272. The van der Waals surface area contributed by atoms with Crippen molar-refractivity contribution in [3.05, 3.63) is 27.6 Å². The third kappa shape index (κ3) is 3.73. The molecule has 1 aromatic rings. The molecule has 0 spiro atoms. The second-order valence-electron chi connectivity index (χ2n) is 2.93. The summed E-state index contributed by atoms with van der Waals surface area (Å²) < 4.78 is 42.8. The summed E-state index contributed by atoms with van der Waals surface area (Å²) in [6, 6.07) is 3.73. The predicted octanol–water partition coefficient (Wildman–Crippen LogP) is 3.46. The van der Waals surface area contributed by atoms with Gasteiger partial charge in [-0.25, -0.2) is 13.2 Å². The van der Waals surface area contributed by atoms with Gasteiger partial charge in [-0.05, 0) is 40.8 Å². The van der Waals surface area contributed by atoms with E-state index in [-0.39, 0.29) is 5.75 Å². The van der Waals surface area contributed by atoms with Crippen molar-refractivity contribution in [2.45, 2.75) is 12.8 Å². The summed E-state index contributed by atoms with van der Waals surface area (Å²) >= 11 is 1.83. The number of hydrogen-bond donors (Lipinski definition) is 0. The monoisotopic (exact) mass is 316 g/mol. The maximum atomic E-state index is 12.6. The van der Waals surface area contributed by atoms with Gasteiger partial charge in [-0.15, -0.1) is 0 Å². The Bertz CT molecular complexity index is 322. The van der Waals surface area contributed by atoms with Crippen LogP contribution in [-0.2, 0) is 0 Å². The summed E-state index contributed by atoms with van der Waals surface area (Å²) in [6.07, 6.45) is 0. The molecule has 1 rings (SSSR count). The molecule has 1 aromatic carbocycles. The van der Waals surface area contributed by atoms with Crippen molar-refractivity contribution in [1.82, 2.24) is 0 Å². The fourth-order valence-electron chi connectivity index (χ4n) is 0.797. The molecule has 0 aliphatic carbocycles. The van der Waals surface area contributed by atoms with E-state index in [0.717, 1.165) is 6.92 Å². The van der Waals surface area contributed by atoms with Crippen LogP contribution >= 0.6 is 22.6 Å². The molecule has 0 bridgehead atoms. The molecule has 0 atom stereocenters. The Labute approximate surface area is 93.4 Å². The highest BCUT2D eigenvalue weighted by molar-refractivity contribution is 14.1. The SMILES string of the molecule is CC(F)(F)COc1ccc(F)cc1I. The minimum Gasteiger partial charge on any atom is -0.486 e. The minimum atomic E-state index is -2.88. The molecule has 14 heavy (non-hydrogen) atoms. The van der Waals surface area contributed by atoms with Crippen LogP contribution in [0.3, 0.4) is 0 Å². The molecule has 5 heteroatoms. The van der Waals surface area contributed by atoms with Crippen molar-refractivity contribution in [2.24, 2.45) is 0 Å².